The molecule has 4 heteroatoms. The van der Waals surface area contributed by atoms with E-state index >= 15 is 0 Å². The van der Waals surface area contributed by atoms with E-state index in [4.69, 9.17) is 0 Å². The Morgan fingerprint density at radius 2 is 2.56 bits per heavy atom. The minimum Gasteiger partial charge on any atom is -0.254 e. The molecule has 0 amide bonds. The molecular formula is C5H3N2S2. The van der Waals surface area contributed by atoms with Gasteiger partial charge in [0.1, 0.15) is 0 Å². The number of hydrogen-bond donors (Lipinski definition) is 0. The quantitative estimate of drug-likeness (QED) is 0.439. The van der Waals surface area contributed by atoms with Crippen LogP contribution < -0.4 is 0 Å². The summed E-state index contributed by atoms with van der Waals surface area (Å²) in [5.41, 5.74) is 0.759. The molecule has 1 aromatic rings. The molecule has 2 nitrogen and oxygen atoms in total. The first-order valence-electron chi connectivity index (χ1n) is 2.27. The average molecular weight is 155 g/mol. The molecule has 0 N–H and O–H groups in total. The maximum atomic E-state index is 4.65. The highest BCUT2D eigenvalue weighted by Crippen LogP contribution is 2.04. The molecule has 1 rings (SSSR count). The lowest BCUT2D eigenvalue weighted by molar-refractivity contribution is -0.197. The Kier molecular flexibility index (Phi) is 2.02. The van der Waals surface area contributed by atoms with Crippen molar-refractivity contribution in [2.24, 2.45) is 0 Å². The SMILES string of the molecule is S=[N+]([S-])c1c[c]ncc1. The molecule has 1 radical (unpaired) electrons. The first kappa shape index (κ1) is 6.51. The number of rotatable bonds is 1. The van der Waals surface area contributed by atoms with Gasteiger partial charge < -0.3 is 0 Å². The topological polar surface area (TPSA) is 15.9 Å². The number of aromatic nitrogens is 1. The smallest absolute Gasteiger partial charge is 0.206 e. The standard InChI is InChI=1S/C5H3N2S2/c8-7(9)5-1-3-6-4-2-5/h1-3H. The van der Waals surface area contributed by atoms with E-state index in [9.17, 15) is 0 Å². The number of hydrogen-bond acceptors (Lipinski definition) is 3. The van der Waals surface area contributed by atoms with Gasteiger partial charge in [-0.1, -0.05) is 25.2 Å². The van der Waals surface area contributed by atoms with Crippen molar-refractivity contribution in [2.75, 3.05) is 0 Å². The van der Waals surface area contributed by atoms with Crippen LogP contribution >= 0.6 is 0 Å². The van der Waals surface area contributed by atoms with E-state index in [2.05, 4.69) is 36.4 Å². The second-order valence-electron chi connectivity index (χ2n) is 1.40. The van der Waals surface area contributed by atoms with Crippen LogP contribution in [0.5, 0.6) is 0 Å². The van der Waals surface area contributed by atoms with Gasteiger partial charge in [0.25, 0.3) is 0 Å². The van der Waals surface area contributed by atoms with E-state index in [1.807, 2.05) is 0 Å². The molecule has 45 valence electrons. The van der Waals surface area contributed by atoms with E-state index in [1.165, 1.54) is 3.35 Å². The zero-order valence-corrected chi connectivity index (χ0v) is 6.08. The predicted molar refractivity (Wildman–Crippen MR) is 37.7 cm³/mol. The van der Waals surface area contributed by atoms with E-state index < -0.39 is 0 Å². The second kappa shape index (κ2) is 2.80. The van der Waals surface area contributed by atoms with Crippen LogP contribution in [-0.2, 0) is 25.2 Å². The Morgan fingerprint density at radius 3 is 2.89 bits per heavy atom. The van der Waals surface area contributed by atoms with Crippen LogP contribution in [0.2, 0.25) is 0 Å². The van der Waals surface area contributed by atoms with Crippen molar-refractivity contribution in [3.8, 4) is 0 Å². The van der Waals surface area contributed by atoms with Gasteiger partial charge in [-0.05, 0) is 0 Å². The molecule has 0 unspecified atom stereocenters. The maximum Gasteiger partial charge on any atom is 0.206 e. The summed E-state index contributed by atoms with van der Waals surface area (Å²) in [6.45, 7) is 0. The summed E-state index contributed by atoms with van der Waals surface area (Å²) in [6, 6.07) is 3.37. The fraction of sp³-hybridized carbons (Fsp3) is 0. The van der Waals surface area contributed by atoms with Crippen molar-refractivity contribution in [2.45, 2.75) is 0 Å². The maximum absolute atomic E-state index is 4.65. The van der Waals surface area contributed by atoms with Crippen LogP contribution in [0.4, 0.5) is 5.69 Å². The lowest BCUT2D eigenvalue weighted by Crippen LogP contribution is -1.86. The zero-order valence-electron chi connectivity index (χ0n) is 4.44. The van der Waals surface area contributed by atoms with E-state index in [-0.39, 0.29) is 0 Å². The van der Waals surface area contributed by atoms with Gasteiger partial charge in [-0.25, -0.2) is 3.35 Å². The number of pyridine rings is 1. The summed E-state index contributed by atoms with van der Waals surface area (Å²) in [7, 11) is 0. The van der Waals surface area contributed by atoms with Crippen LogP contribution in [-0.4, -0.2) is 8.34 Å². The Balaban J connectivity index is 2.98. The zero-order chi connectivity index (χ0) is 6.69. The molecule has 0 saturated carbocycles. The molecule has 0 aliphatic carbocycles. The molecule has 0 aliphatic heterocycles. The molecule has 0 saturated heterocycles. The van der Waals surface area contributed by atoms with Crippen molar-refractivity contribution < 1.29 is 3.35 Å². The fourth-order valence-electron chi connectivity index (χ4n) is 0.422. The third-order valence-corrected chi connectivity index (χ3v) is 1.24. The minimum absolute atomic E-state index is 0.759. The Labute approximate surface area is 64.2 Å². The van der Waals surface area contributed by atoms with Crippen molar-refractivity contribution >= 4 is 30.9 Å². The highest BCUT2D eigenvalue weighted by Gasteiger charge is 1.92. The molecule has 1 aromatic heterocycles. The van der Waals surface area contributed by atoms with Gasteiger partial charge in [0.05, 0.1) is 6.20 Å². The van der Waals surface area contributed by atoms with Crippen molar-refractivity contribution in [3.05, 3.63) is 24.5 Å². The van der Waals surface area contributed by atoms with Gasteiger partial charge in [0, 0.05) is 18.3 Å². The fourth-order valence-corrected chi connectivity index (χ4v) is 0.649. The van der Waals surface area contributed by atoms with Crippen LogP contribution in [0.3, 0.4) is 0 Å². The summed E-state index contributed by atoms with van der Waals surface area (Å²) in [5.74, 6) is 0. The normalized spacial score (nSPS) is 8.89. The van der Waals surface area contributed by atoms with Crippen LogP contribution in [0.15, 0.2) is 18.3 Å². The summed E-state index contributed by atoms with van der Waals surface area (Å²) in [6.07, 6.45) is 4.22. The van der Waals surface area contributed by atoms with E-state index in [1.54, 1.807) is 18.3 Å². The van der Waals surface area contributed by atoms with Gasteiger partial charge in [-0.15, -0.1) is 0 Å². The predicted octanol–water partition coefficient (Wildman–Crippen LogP) is 0.718. The van der Waals surface area contributed by atoms with Crippen LogP contribution in [0, 0.1) is 6.20 Å². The van der Waals surface area contributed by atoms with Crippen molar-refractivity contribution in [1.29, 1.82) is 0 Å². The Bertz CT molecular complexity index is 209. The molecule has 0 aromatic carbocycles. The summed E-state index contributed by atoms with van der Waals surface area (Å²) in [5, 5.41) is 0. The summed E-state index contributed by atoms with van der Waals surface area (Å²) >= 11 is 9.29. The molecule has 0 bridgehead atoms. The summed E-state index contributed by atoms with van der Waals surface area (Å²) < 4.78 is 1.18. The molecule has 0 fully saturated rings. The Morgan fingerprint density at radius 1 is 1.78 bits per heavy atom. The molecule has 0 spiro atoms. The van der Waals surface area contributed by atoms with Gasteiger partial charge in [-0.2, -0.15) is 0 Å². The molecular weight excluding hydrogens is 152 g/mol. The van der Waals surface area contributed by atoms with Gasteiger partial charge in [0.15, 0.2) is 0 Å². The molecule has 1 heterocycles. The third kappa shape index (κ3) is 1.65. The van der Waals surface area contributed by atoms with Gasteiger partial charge in [-0.3, -0.25) is 4.98 Å². The van der Waals surface area contributed by atoms with Crippen LogP contribution in [0.25, 0.3) is 0 Å². The first-order chi connectivity index (χ1) is 4.30. The van der Waals surface area contributed by atoms with Gasteiger partial charge >= 0.3 is 0 Å². The highest BCUT2D eigenvalue weighted by molar-refractivity contribution is 7.58. The second-order valence-corrected chi connectivity index (χ2v) is 2.36. The van der Waals surface area contributed by atoms with Gasteiger partial charge in [0.2, 0.25) is 5.69 Å². The molecule has 0 atom stereocenters. The van der Waals surface area contributed by atoms with Crippen molar-refractivity contribution in [3.63, 3.8) is 0 Å². The monoisotopic (exact) mass is 155 g/mol. The third-order valence-electron chi connectivity index (χ3n) is 0.818. The van der Waals surface area contributed by atoms with Crippen LogP contribution in [0.1, 0.15) is 0 Å². The van der Waals surface area contributed by atoms with Crippen molar-refractivity contribution in [1.82, 2.24) is 4.98 Å². The highest BCUT2D eigenvalue weighted by atomic mass is 32.2. The van der Waals surface area contributed by atoms with E-state index in [0.29, 0.717) is 0 Å². The molecule has 9 heavy (non-hydrogen) atoms. The molecule has 0 aliphatic rings. The lowest BCUT2D eigenvalue weighted by Gasteiger charge is -1.91. The van der Waals surface area contributed by atoms with E-state index in [0.717, 1.165) is 5.69 Å². The lowest BCUT2D eigenvalue weighted by atomic mass is 10.4. The first-order valence-corrected chi connectivity index (χ1v) is 3.00. The largest absolute Gasteiger partial charge is 0.254 e. The summed E-state index contributed by atoms with van der Waals surface area (Å²) in [4.78, 5) is 3.68. The minimum atomic E-state index is 0.759. The average Bonchev–Trinajstić information content (AvgIpc) is 1.90. The number of nitrogens with zero attached hydrogens (tertiary/aromatic N) is 2. The Hall–Kier alpha value is -0.610.